The summed E-state index contributed by atoms with van der Waals surface area (Å²) in [5.74, 6) is 0.999. The van der Waals surface area contributed by atoms with Gasteiger partial charge < -0.3 is 33.8 Å². The molecule has 0 saturated heterocycles. The molecule has 19 heteroatoms. The van der Waals surface area contributed by atoms with Crippen LogP contribution in [-0.2, 0) is 65.4 Å². The summed E-state index contributed by atoms with van der Waals surface area (Å²) in [4.78, 5) is 72.8. The summed E-state index contributed by atoms with van der Waals surface area (Å²) in [6.45, 7) is 14.2. The first kappa shape index (κ1) is 97.1. The highest BCUT2D eigenvalue weighted by molar-refractivity contribution is 7.47. The second-order valence-electron chi connectivity index (χ2n) is 30.0. The molecule has 0 fully saturated rings. The molecular formula is C80H156O17P2. The third-order valence-corrected chi connectivity index (χ3v) is 21.6. The van der Waals surface area contributed by atoms with E-state index >= 15 is 0 Å². The number of ether oxygens (including phenoxy) is 4. The van der Waals surface area contributed by atoms with Gasteiger partial charge in [0.25, 0.3) is 0 Å². The van der Waals surface area contributed by atoms with Crippen LogP contribution in [-0.4, -0.2) is 96.7 Å². The molecule has 0 amide bonds. The molecule has 17 nitrogen and oxygen atoms in total. The Morgan fingerprint density at radius 2 is 0.485 bits per heavy atom. The third kappa shape index (κ3) is 70.2. The molecule has 8 atom stereocenters. The van der Waals surface area contributed by atoms with Gasteiger partial charge in [0.15, 0.2) is 12.2 Å². The van der Waals surface area contributed by atoms with E-state index in [1.165, 1.54) is 205 Å². The van der Waals surface area contributed by atoms with Gasteiger partial charge in [0, 0.05) is 25.7 Å². The van der Waals surface area contributed by atoms with Crippen LogP contribution in [0.1, 0.15) is 409 Å². The maximum absolute atomic E-state index is 13.1. The Kier molecular flexibility index (Phi) is 67.8. The number of aliphatic hydroxyl groups is 1. The summed E-state index contributed by atoms with van der Waals surface area (Å²) < 4.78 is 68.6. The van der Waals surface area contributed by atoms with Crippen molar-refractivity contribution in [3.63, 3.8) is 0 Å². The van der Waals surface area contributed by atoms with Crippen LogP contribution in [0.2, 0.25) is 0 Å². The molecule has 0 radical (unpaired) electrons. The summed E-state index contributed by atoms with van der Waals surface area (Å²) >= 11 is 0. The van der Waals surface area contributed by atoms with E-state index in [2.05, 4.69) is 55.4 Å². The molecule has 0 aliphatic carbocycles. The Morgan fingerprint density at radius 1 is 0.283 bits per heavy atom. The average molecular weight is 1450 g/mol. The maximum Gasteiger partial charge on any atom is 0.472 e. The highest BCUT2D eigenvalue weighted by atomic mass is 31.2. The van der Waals surface area contributed by atoms with Gasteiger partial charge in [-0.05, 0) is 49.4 Å². The lowest BCUT2D eigenvalue weighted by molar-refractivity contribution is -0.161. The van der Waals surface area contributed by atoms with Crippen molar-refractivity contribution in [2.45, 2.75) is 427 Å². The zero-order valence-corrected chi connectivity index (χ0v) is 66.9. The Morgan fingerprint density at radius 3 is 0.717 bits per heavy atom. The van der Waals surface area contributed by atoms with Crippen LogP contribution in [0, 0.1) is 23.7 Å². The van der Waals surface area contributed by atoms with Crippen molar-refractivity contribution >= 4 is 39.5 Å². The number of phosphoric acid groups is 2. The molecule has 99 heavy (non-hydrogen) atoms. The van der Waals surface area contributed by atoms with E-state index in [-0.39, 0.29) is 25.7 Å². The maximum atomic E-state index is 13.1. The highest BCUT2D eigenvalue weighted by Gasteiger charge is 2.30. The van der Waals surface area contributed by atoms with Gasteiger partial charge in [0.05, 0.1) is 26.4 Å². The molecule has 0 rings (SSSR count). The monoisotopic (exact) mass is 1450 g/mol. The number of hydrogen-bond acceptors (Lipinski definition) is 15. The van der Waals surface area contributed by atoms with E-state index in [1.807, 2.05) is 0 Å². The minimum absolute atomic E-state index is 0.102. The van der Waals surface area contributed by atoms with Crippen molar-refractivity contribution in [1.82, 2.24) is 0 Å². The minimum atomic E-state index is -4.96. The molecule has 0 saturated carbocycles. The Labute approximate surface area is 607 Å². The molecule has 0 heterocycles. The molecule has 3 N–H and O–H groups in total. The van der Waals surface area contributed by atoms with Gasteiger partial charge in [-0.2, -0.15) is 0 Å². The Balaban J connectivity index is 5.19. The first-order valence-electron chi connectivity index (χ1n) is 41.3. The van der Waals surface area contributed by atoms with E-state index < -0.39 is 97.5 Å². The van der Waals surface area contributed by atoms with Crippen LogP contribution in [0.15, 0.2) is 0 Å². The fourth-order valence-corrected chi connectivity index (χ4v) is 13.7. The van der Waals surface area contributed by atoms with Gasteiger partial charge >= 0.3 is 39.5 Å². The molecule has 588 valence electrons. The van der Waals surface area contributed by atoms with Crippen molar-refractivity contribution in [2.75, 3.05) is 39.6 Å². The van der Waals surface area contributed by atoms with Crippen molar-refractivity contribution in [3.8, 4) is 0 Å². The van der Waals surface area contributed by atoms with Crippen LogP contribution < -0.4 is 0 Å². The summed E-state index contributed by atoms with van der Waals surface area (Å²) in [6, 6.07) is 0. The molecule has 0 aromatic carbocycles. The Bertz CT molecular complexity index is 1940. The van der Waals surface area contributed by atoms with E-state index in [0.717, 1.165) is 114 Å². The number of carbonyl (C=O) groups excluding carboxylic acids is 4. The molecule has 0 spiro atoms. The molecule has 5 unspecified atom stereocenters. The minimum Gasteiger partial charge on any atom is -0.462 e. The number of rotatable bonds is 77. The smallest absolute Gasteiger partial charge is 0.462 e. The normalized spacial score (nSPS) is 14.9. The van der Waals surface area contributed by atoms with Gasteiger partial charge in [-0.15, -0.1) is 0 Å². The molecule has 0 bridgehead atoms. The predicted octanol–water partition coefficient (Wildman–Crippen LogP) is 23.6. The van der Waals surface area contributed by atoms with Crippen molar-refractivity contribution in [1.29, 1.82) is 0 Å². The Hall–Kier alpha value is -1.94. The van der Waals surface area contributed by atoms with Gasteiger partial charge in [-0.25, -0.2) is 9.13 Å². The van der Waals surface area contributed by atoms with Crippen molar-refractivity contribution < 1.29 is 80.2 Å². The zero-order valence-electron chi connectivity index (χ0n) is 65.1. The van der Waals surface area contributed by atoms with Crippen LogP contribution in [0.25, 0.3) is 0 Å². The van der Waals surface area contributed by atoms with Gasteiger partial charge in [-0.1, -0.05) is 357 Å². The van der Waals surface area contributed by atoms with Gasteiger partial charge in [0.1, 0.15) is 19.3 Å². The molecule has 0 aromatic heterocycles. The topological polar surface area (TPSA) is 237 Å². The summed E-state index contributed by atoms with van der Waals surface area (Å²) in [7, 11) is -9.92. The van der Waals surface area contributed by atoms with Crippen LogP contribution in [0.5, 0.6) is 0 Å². The lowest BCUT2D eigenvalue weighted by Crippen LogP contribution is -2.30. The number of hydrogen-bond donors (Lipinski definition) is 3. The largest absolute Gasteiger partial charge is 0.472 e. The SMILES string of the molecule is CCC(C)CCCCCCCCCCCCCCCCCCCCC(=O)O[C@H](COC(=O)CCCCCCCCCCCCCCCCC(C)CC)COP(=O)(O)OC[C@@H](O)COP(=O)(O)OC[C@@H](COC(=O)CCCCCCCCC(C)C)OC(=O)CCCCCCCCC(C)CC. The summed E-state index contributed by atoms with van der Waals surface area (Å²) in [5.41, 5.74) is 0. The average Bonchev–Trinajstić information content (AvgIpc) is 1.01. The number of aliphatic hydroxyl groups excluding tert-OH is 1. The van der Waals surface area contributed by atoms with E-state index in [9.17, 15) is 43.2 Å². The molecular weight excluding hydrogens is 1290 g/mol. The van der Waals surface area contributed by atoms with E-state index in [1.54, 1.807) is 0 Å². The number of esters is 4. The first-order valence-corrected chi connectivity index (χ1v) is 44.3. The van der Waals surface area contributed by atoms with Crippen LogP contribution in [0.4, 0.5) is 0 Å². The standard InChI is InChI=1S/C80H156O17P2/c1-9-71(6)57-49-41-32-28-24-20-16-14-12-13-15-17-23-27-31-35-46-54-62-79(84)96-75(66-90-77(82)60-52-44-34-30-26-22-19-18-21-25-29-33-42-50-58-72(7)10-2)68-94-98(86,87)92-64-74(81)65-93-99(88,89)95-69-76(67-91-78(83)61-53-45-38-36-40-48-56-70(4)5)97-80(85)63-55-47-39-37-43-51-59-73(8)11-3/h70-76,81H,9-69H2,1-8H3,(H,86,87)(H,88,89)/t71?,72?,73?,74-,75-,76-/m1/s1. The fraction of sp³-hybridized carbons (Fsp3) is 0.950. The highest BCUT2D eigenvalue weighted by Crippen LogP contribution is 2.45. The fourth-order valence-electron chi connectivity index (χ4n) is 12.2. The van der Waals surface area contributed by atoms with Crippen molar-refractivity contribution in [2.24, 2.45) is 23.7 Å². The van der Waals surface area contributed by atoms with Gasteiger partial charge in [0.2, 0.25) is 0 Å². The predicted molar refractivity (Wildman–Crippen MR) is 404 cm³/mol. The van der Waals surface area contributed by atoms with Crippen LogP contribution in [0.3, 0.4) is 0 Å². The lowest BCUT2D eigenvalue weighted by atomic mass is 9.99. The van der Waals surface area contributed by atoms with E-state index in [4.69, 9.17) is 37.0 Å². The molecule has 0 aliphatic rings. The summed E-state index contributed by atoms with van der Waals surface area (Å²) in [5, 5.41) is 10.6. The number of phosphoric ester groups is 2. The third-order valence-electron chi connectivity index (χ3n) is 19.7. The second-order valence-corrected chi connectivity index (χ2v) is 32.9. The molecule has 0 aliphatic heterocycles. The first-order chi connectivity index (χ1) is 47.7. The van der Waals surface area contributed by atoms with Crippen LogP contribution >= 0.6 is 15.6 Å². The lowest BCUT2D eigenvalue weighted by Gasteiger charge is -2.21. The summed E-state index contributed by atoms with van der Waals surface area (Å²) in [6.07, 6.45) is 55.8. The van der Waals surface area contributed by atoms with E-state index in [0.29, 0.717) is 31.6 Å². The zero-order chi connectivity index (χ0) is 73.1. The second kappa shape index (κ2) is 69.1. The molecule has 0 aromatic rings. The van der Waals surface area contributed by atoms with Crippen molar-refractivity contribution in [3.05, 3.63) is 0 Å². The number of carbonyl (C=O) groups is 4. The quantitative estimate of drug-likeness (QED) is 0.0222. The number of unbranched alkanes of at least 4 members (excludes halogenated alkanes) is 40. The van der Waals surface area contributed by atoms with Gasteiger partial charge in [-0.3, -0.25) is 37.3 Å².